The number of carbonyl (C=O) groups excluding carboxylic acids is 1. The molecule has 0 bridgehead atoms. The van der Waals surface area contributed by atoms with E-state index in [2.05, 4.69) is 0 Å². The van der Waals surface area contributed by atoms with Gasteiger partial charge in [-0.2, -0.15) is 0 Å². The Bertz CT molecular complexity index is 883. The predicted octanol–water partition coefficient (Wildman–Crippen LogP) is 3.63. The Labute approximate surface area is 149 Å². The van der Waals surface area contributed by atoms with Crippen LogP contribution in [0.15, 0.2) is 59.5 Å². The first kappa shape index (κ1) is 18.9. The van der Waals surface area contributed by atoms with Crippen molar-refractivity contribution < 1.29 is 13.2 Å². The fourth-order valence-corrected chi connectivity index (χ4v) is 3.10. The number of aryl methyl sites for hydroxylation is 1. The van der Waals surface area contributed by atoms with Gasteiger partial charge in [0.1, 0.15) is 0 Å². The molecule has 0 aliphatic rings. The van der Waals surface area contributed by atoms with Gasteiger partial charge in [-0.3, -0.25) is 4.79 Å². The molecule has 0 radical (unpaired) electrons. The summed E-state index contributed by atoms with van der Waals surface area (Å²) in [6.45, 7) is 3.92. The van der Waals surface area contributed by atoms with Crippen LogP contribution in [0.4, 0.5) is 0 Å². The molecular weight excluding hydrogens is 334 g/mol. The molecule has 0 saturated heterocycles. The van der Waals surface area contributed by atoms with Gasteiger partial charge in [0, 0.05) is 19.4 Å². The topological polar surface area (TPSA) is 54.5 Å². The van der Waals surface area contributed by atoms with Crippen LogP contribution in [0.25, 0.3) is 6.08 Å². The second-order valence-corrected chi connectivity index (χ2v) is 8.23. The second-order valence-electron chi connectivity index (χ2n) is 6.21. The number of amides is 1. The zero-order valence-corrected chi connectivity index (χ0v) is 15.7. The van der Waals surface area contributed by atoms with E-state index in [-0.39, 0.29) is 16.8 Å². The molecule has 25 heavy (non-hydrogen) atoms. The summed E-state index contributed by atoms with van der Waals surface area (Å²) >= 11 is 0. The van der Waals surface area contributed by atoms with E-state index in [1.54, 1.807) is 48.4 Å². The molecular formula is C20H23NO3S. The maximum Gasteiger partial charge on any atom is 0.246 e. The summed E-state index contributed by atoms with van der Waals surface area (Å²) in [5.74, 6) is -0.110. The van der Waals surface area contributed by atoms with Crippen molar-refractivity contribution in [2.75, 3.05) is 13.3 Å². The number of nitrogens with zero attached hydrogens (tertiary/aromatic N) is 1. The number of rotatable bonds is 5. The van der Waals surface area contributed by atoms with Gasteiger partial charge >= 0.3 is 0 Å². The van der Waals surface area contributed by atoms with E-state index in [1.807, 2.05) is 38.1 Å². The minimum absolute atomic E-state index is 0.110. The third kappa shape index (κ3) is 5.03. The smallest absolute Gasteiger partial charge is 0.246 e. The highest BCUT2D eigenvalue weighted by molar-refractivity contribution is 7.90. The van der Waals surface area contributed by atoms with Gasteiger partial charge in [-0.15, -0.1) is 0 Å². The molecule has 132 valence electrons. The molecule has 0 N–H and O–H groups in total. The quantitative estimate of drug-likeness (QED) is 0.768. The molecule has 0 aliphatic carbocycles. The van der Waals surface area contributed by atoms with E-state index >= 15 is 0 Å². The maximum atomic E-state index is 12.4. The Hall–Kier alpha value is -2.40. The summed E-state index contributed by atoms with van der Waals surface area (Å²) in [5, 5.41) is 0. The molecule has 0 saturated carbocycles. The third-order valence-corrected chi connectivity index (χ3v) is 5.31. The monoisotopic (exact) mass is 357 g/mol. The van der Waals surface area contributed by atoms with Gasteiger partial charge in [0.2, 0.25) is 5.91 Å². The van der Waals surface area contributed by atoms with Crippen molar-refractivity contribution in [1.82, 2.24) is 4.90 Å². The van der Waals surface area contributed by atoms with Gasteiger partial charge in [0.15, 0.2) is 9.84 Å². The lowest BCUT2D eigenvalue weighted by Gasteiger charge is -2.24. The Balaban J connectivity index is 2.10. The van der Waals surface area contributed by atoms with Crippen LogP contribution in [0.1, 0.15) is 29.7 Å². The first-order chi connectivity index (χ1) is 11.7. The van der Waals surface area contributed by atoms with Crippen molar-refractivity contribution in [2.45, 2.75) is 24.8 Å². The van der Waals surface area contributed by atoms with Crippen molar-refractivity contribution in [3.63, 3.8) is 0 Å². The summed E-state index contributed by atoms with van der Waals surface area (Å²) in [4.78, 5) is 14.3. The highest BCUT2D eigenvalue weighted by Crippen LogP contribution is 2.21. The van der Waals surface area contributed by atoms with Gasteiger partial charge in [-0.1, -0.05) is 42.0 Å². The number of hydrogen-bond acceptors (Lipinski definition) is 3. The third-order valence-electron chi connectivity index (χ3n) is 4.18. The first-order valence-electron chi connectivity index (χ1n) is 8.00. The molecule has 2 rings (SSSR count). The molecule has 1 atom stereocenters. The number of hydrogen-bond donors (Lipinski definition) is 0. The Morgan fingerprint density at radius 1 is 1.12 bits per heavy atom. The van der Waals surface area contributed by atoms with E-state index in [4.69, 9.17) is 0 Å². The average Bonchev–Trinajstić information content (AvgIpc) is 2.58. The molecule has 2 aromatic rings. The first-order valence-corrected chi connectivity index (χ1v) is 9.89. The van der Waals surface area contributed by atoms with Crippen LogP contribution >= 0.6 is 0 Å². The molecule has 0 fully saturated rings. The molecule has 1 unspecified atom stereocenters. The van der Waals surface area contributed by atoms with Crippen LogP contribution in [0.3, 0.4) is 0 Å². The minimum atomic E-state index is -3.22. The summed E-state index contributed by atoms with van der Waals surface area (Å²) in [5.41, 5.74) is 3.00. The number of likely N-dealkylation sites (N-methyl/N-ethyl adjacent to an activating group) is 1. The number of benzene rings is 2. The van der Waals surface area contributed by atoms with E-state index < -0.39 is 9.84 Å². The van der Waals surface area contributed by atoms with Gasteiger partial charge < -0.3 is 4.90 Å². The van der Waals surface area contributed by atoms with Gasteiger partial charge in [-0.05, 0) is 43.2 Å². The SMILES string of the molecule is Cc1cccc(/C=C/C(=O)N(C)C(C)c2ccc(S(C)(=O)=O)cc2)c1. The van der Waals surface area contributed by atoms with Crippen LogP contribution in [0.5, 0.6) is 0 Å². The van der Waals surface area contributed by atoms with Crippen molar-refractivity contribution in [3.05, 3.63) is 71.3 Å². The van der Waals surface area contributed by atoms with Gasteiger partial charge in [0.25, 0.3) is 0 Å². The van der Waals surface area contributed by atoms with Crippen LogP contribution in [0.2, 0.25) is 0 Å². The van der Waals surface area contributed by atoms with Crippen molar-refractivity contribution >= 4 is 21.8 Å². The lowest BCUT2D eigenvalue weighted by atomic mass is 10.1. The van der Waals surface area contributed by atoms with Crippen LogP contribution < -0.4 is 0 Å². The molecule has 4 nitrogen and oxygen atoms in total. The van der Waals surface area contributed by atoms with E-state index in [1.165, 1.54) is 6.26 Å². The van der Waals surface area contributed by atoms with Crippen LogP contribution in [-0.2, 0) is 14.6 Å². The standard InChI is InChI=1S/C20H23NO3S/c1-15-6-5-7-17(14-15)8-13-20(22)21(3)16(2)18-9-11-19(12-10-18)25(4,23)24/h5-14,16H,1-4H3/b13-8+. The summed E-state index contributed by atoms with van der Waals surface area (Å²) in [6, 6.07) is 14.4. The fourth-order valence-electron chi connectivity index (χ4n) is 2.47. The second kappa shape index (κ2) is 7.66. The Morgan fingerprint density at radius 3 is 2.32 bits per heavy atom. The van der Waals surface area contributed by atoms with Crippen molar-refractivity contribution in [2.24, 2.45) is 0 Å². The highest BCUT2D eigenvalue weighted by atomic mass is 32.2. The lowest BCUT2D eigenvalue weighted by Crippen LogP contribution is -2.28. The van der Waals surface area contributed by atoms with E-state index in [0.717, 1.165) is 16.7 Å². The largest absolute Gasteiger partial charge is 0.335 e. The molecule has 0 aliphatic heterocycles. The molecule has 0 heterocycles. The zero-order valence-electron chi connectivity index (χ0n) is 14.9. The molecule has 0 aromatic heterocycles. The molecule has 2 aromatic carbocycles. The zero-order chi connectivity index (χ0) is 18.6. The van der Waals surface area contributed by atoms with Crippen LogP contribution in [0, 0.1) is 6.92 Å². The van der Waals surface area contributed by atoms with E-state index in [0.29, 0.717) is 0 Å². The van der Waals surface area contributed by atoms with Gasteiger partial charge in [0.05, 0.1) is 10.9 Å². The van der Waals surface area contributed by atoms with Crippen molar-refractivity contribution in [3.8, 4) is 0 Å². The van der Waals surface area contributed by atoms with Crippen LogP contribution in [-0.4, -0.2) is 32.5 Å². The maximum absolute atomic E-state index is 12.4. The number of sulfone groups is 1. The molecule has 0 spiro atoms. The van der Waals surface area contributed by atoms with Gasteiger partial charge in [-0.25, -0.2) is 8.42 Å². The van der Waals surface area contributed by atoms with E-state index in [9.17, 15) is 13.2 Å². The van der Waals surface area contributed by atoms with Crippen molar-refractivity contribution in [1.29, 1.82) is 0 Å². The fraction of sp³-hybridized carbons (Fsp3) is 0.250. The Kier molecular flexibility index (Phi) is 5.80. The molecule has 1 amide bonds. The lowest BCUT2D eigenvalue weighted by molar-refractivity contribution is -0.126. The minimum Gasteiger partial charge on any atom is -0.335 e. The summed E-state index contributed by atoms with van der Waals surface area (Å²) in [6.07, 6.45) is 4.53. The Morgan fingerprint density at radius 2 is 1.76 bits per heavy atom. The summed E-state index contributed by atoms with van der Waals surface area (Å²) in [7, 11) is -1.48. The predicted molar refractivity (Wildman–Crippen MR) is 101 cm³/mol. The average molecular weight is 357 g/mol. The molecule has 5 heteroatoms. The summed E-state index contributed by atoms with van der Waals surface area (Å²) < 4.78 is 23.1. The normalized spacial score (nSPS) is 13.0. The number of carbonyl (C=O) groups is 1. The highest BCUT2D eigenvalue weighted by Gasteiger charge is 2.16.